The molecule has 6 nitrogen and oxygen atoms in total. The summed E-state index contributed by atoms with van der Waals surface area (Å²) in [6, 6.07) is 16.5. The molecule has 0 spiro atoms. The first-order valence-electron chi connectivity index (χ1n) is 8.79. The highest BCUT2D eigenvalue weighted by molar-refractivity contribution is 6.05. The van der Waals surface area contributed by atoms with Crippen LogP contribution in [0.3, 0.4) is 0 Å². The van der Waals surface area contributed by atoms with Crippen molar-refractivity contribution < 1.29 is 14.3 Å². The first-order valence-corrected chi connectivity index (χ1v) is 8.79. The van der Waals surface area contributed by atoms with E-state index in [1.54, 1.807) is 36.5 Å². The average Bonchev–Trinajstić information content (AvgIpc) is 2.72. The van der Waals surface area contributed by atoms with Gasteiger partial charge in [0.1, 0.15) is 0 Å². The van der Waals surface area contributed by atoms with Crippen LogP contribution in [0.1, 0.15) is 31.8 Å². The van der Waals surface area contributed by atoms with E-state index >= 15 is 0 Å². The van der Waals surface area contributed by atoms with E-state index in [4.69, 9.17) is 4.74 Å². The maximum Gasteiger partial charge on any atom is 0.337 e. The number of methoxy groups -OCH3 is 1. The van der Waals surface area contributed by atoms with Gasteiger partial charge in [-0.3, -0.25) is 9.78 Å². The summed E-state index contributed by atoms with van der Waals surface area (Å²) < 4.78 is 4.70. The molecule has 142 valence electrons. The minimum absolute atomic E-state index is 0.311. The fraction of sp³-hybridized carbons (Fsp3) is 0.136. The number of nitrogens with zero attached hydrogens (tertiary/aromatic N) is 1. The molecule has 0 fully saturated rings. The van der Waals surface area contributed by atoms with Crippen molar-refractivity contribution in [2.75, 3.05) is 17.7 Å². The second-order valence-corrected chi connectivity index (χ2v) is 6.33. The summed E-state index contributed by atoms with van der Waals surface area (Å²) in [6.07, 6.45) is 3.17. The molecule has 3 rings (SSSR count). The molecule has 1 amide bonds. The molecule has 6 heteroatoms. The van der Waals surface area contributed by atoms with Crippen LogP contribution in [0.2, 0.25) is 0 Å². The van der Waals surface area contributed by atoms with Gasteiger partial charge in [-0.2, -0.15) is 0 Å². The Balaban J connectivity index is 1.67. The minimum Gasteiger partial charge on any atom is -0.465 e. The quantitative estimate of drug-likeness (QED) is 0.636. The van der Waals surface area contributed by atoms with E-state index in [2.05, 4.69) is 21.7 Å². The topological polar surface area (TPSA) is 80.3 Å². The zero-order chi connectivity index (χ0) is 19.9. The van der Waals surface area contributed by atoms with Crippen LogP contribution in [0.25, 0.3) is 0 Å². The Bertz CT molecular complexity index is 1000. The van der Waals surface area contributed by atoms with Crippen molar-refractivity contribution in [2.24, 2.45) is 0 Å². The van der Waals surface area contributed by atoms with Gasteiger partial charge in [-0.15, -0.1) is 0 Å². The Morgan fingerprint density at radius 3 is 2.54 bits per heavy atom. The second-order valence-electron chi connectivity index (χ2n) is 6.33. The number of carbonyl (C=O) groups is 2. The summed E-state index contributed by atoms with van der Waals surface area (Å²) in [5, 5.41) is 6.05. The number of hydrogen-bond donors (Lipinski definition) is 2. The average molecular weight is 375 g/mol. The number of anilines is 2. The number of hydrogen-bond acceptors (Lipinski definition) is 5. The minimum atomic E-state index is -0.458. The van der Waals surface area contributed by atoms with Crippen LogP contribution >= 0.6 is 0 Å². The molecular weight excluding hydrogens is 354 g/mol. The van der Waals surface area contributed by atoms with Crippen LogP contribution in [0.15, 0.2) is 67.0 Å². The van der Waals surface area contributed by atoms with Crippen molar-refractivity contribution in [3.8, 4) is 0 Å². The Hall–Kier alpha value is -3.67. The molecule has 2 aromatic carbocycles. The van der Waals surface area contributed by atoms with Crippen LogP contribution in [-0.2, 0) is 11.3 Å². The molecule has 0 aliphatic heterocycles. The third-order valence-electron chi connectivity index (χ3n) is 4.12. The van der Waals surface area contributed by atoms with E-state index in [1.165, 1.54) is 18.9 Å². The van der Waals surface area contributed by atoms with Gasteiger partial charge in [0.05, 0.1) is 23.9 Å². The van der Waals surface area contributed by atoms with E-state index in [0.29, 0.717) is 23.4 Å². The number of nitrogens with one attached hydrogen (secondary N) is 2. The Labute approximate surface area is 163 Å². The first-order chi connectivity index (χ1) is 13.5. The van der Waals surface area contributed by atoms with Crippen LogP contribution in [0, 0.1) is 6.92 Å². The number of rotatable bonds is 6. The van der Waals surface area contributed by atoms with Gasteiger partial charge in [0.25, 0.3) is 5.91 Å². The third-order valence-corrected chi connectivity index (χ3v) is 4.12. The zero-order valence-electron chi connectivity index (χ0n) is 15.7. The van der Waals surface area contributed by atoms with Crippen LogP contribution in [0.5, 0.6) is 0 Å². The number of benzene rings is 2. The zero-order valence-corrected chi connectivity index (χ0v) is 15.7. The highest BCUT2D eigenvalue weighted by Crippen LogP contribution is 2.15. The molecule has 0 saturated heterocycles. The largest absolute Gasteiger partial charge is 0.465 e. The molecule has 0 saturated carbocycles. The molecule has 0 unspecified atom stereocenters. The van der Waals surface area contributed by atoms with Crippen molar-refractivity contribution in [1.29, 1.82) is 0 Å². The van der Waals surface area contributed by atoms with Gasteiger partial charge in [-0.05, 0) is 36.8 Å². The molecule has 0 bridgehead atoms. The number of aryl methyl sites for hydroxylation is 1. The maximum absolute atomic E-state index is 12.5. The maximum atomic E-state index is 12.5. The number of esters is 1. The molecule has 0 atom stereocenters. The summed E-state index contributed by atoms with van der Waals surface area (Å²) in [4.78, 5) is 28.3. The van der Waals surface area contributed by atoms with Crippen molar-refractivity contribution in [1.82, 2.24) is 4.98 Å². The predicted molar refractivity (Wildman–Crippen MR) is 108 cm³/mol. The normalized spacial score (nSPS) is 10.2. The first kappa shape index (κ1) is 19.1. The summed E-state index contributed by atoms with van der Waals surface area (Å²) in [5.41, 5.74) is 4.38. The fourth-order valence-corrected chi connectivity index (χ4v) is 2.73. The number of amides is 1. The Morgan fingerprint density at radius 1 is 0.964 bits per heavy atom. The predicted octanol–water partition coefficient (Wildman–Crippen LogP) is 4.04. The van der Waals surface area contributed by atoms with Gasteiger partial charge >= 0.3 is 5.97 Å². The summed E-state index contributed by atoms with van der Waals surface area (Å²) in [6.45, 7) is 2.68. The second kappa shape index (κ2) is 8.81. The summed E-state index contributed by atoms with van der Waals surface area (Å²) in [7, 11) is 1.31. The van der Waals surface area contributed by atoms with Crippen LogP contribution in [-0.4, -0.2) is 24.0 Å². The van der Waals surface area contributed by atoms with E-state index in [0.717, 1.165) is 11.3 Å². The van der Waals surface area contributed by atoms with Gasteiger partial charge in [0, 0.05) is 24.6 Å². The number of aromatic nitrogens is 1. The lowest BCUT2D eigenvalue weighted by molar-refractivity contribution is 0.0600. The fourth-order valence-electron chi connectivity index (χ4n) is 2.73. The smallest absolute Gasteiger partial charge is 0.337 e. The van der Waals surface area contributed by atoms with Crippen LogP contribution in [0.4, 0.5) is 11.4 Å². The highest BCUT2D eigenvalue weighted by Gasteiger charge is 2.10. The van der Waals surface area contributed by atoms with Gasteiger partial charge in [-0.25, -0.2) is 4.79 Å². The number of pyridine rings is 1. The van der Waals surface area contributed by atoms with Gasteiger partial charge in [0.2, 0.25) is 0 Å². The summed E-state index contributed by atoms with van der Waals surface area (Å²) >= 11 is 0. The number of carbonyl (C=O) groups excluding carboxylic acids is 2. The molecule has 0 aliphatic carbocycles. The highest BCUT2D eigenvalue weighted by atomic mass is 16.5. The van der Waals surface area contributed by atoms with E-state index < -0.39 is 5.97 Å². The number of ether oxygens (including phenoxy) is 1. The van der Waals surface area contributed by atoms with E-state index in [9.17, 15) is 9.59 Å². The SMILES string of the molecule is COC(=O)c1cccc(NC(=O)c2cncc(NCc3cccc(C)c3)c2)c1. The lowest BCUT2D eigenvalue weighted by Gasteiger charge is -2.10. The van der Waals surface area contributed by atoms with Crippen molar-refractivity contribution >= 4 is 23.3 Å². The molecule has 0 aliphatic rings. The molecule has 0 radical (unpaired) electrons. The molecular formula is C22H21N3O3. The third kappa shape index (κ3) is 4.94. The summed E-state index contributed by atoms with van der Waals surface area (Å²) in [5.74, 6) is -0.770. The molecule has 3 aromatic rings. The molecule has 2 N–H and O–H groups in total. The van der Waals surface area contributed by atoms with Crippen molar-refractivity contribution in [2.45, 2.75) is 13.5 Å². The molecule has 1 aromatic heterocycles. The Morgan fingerprint density at radius 2 is 1.75 bits per heavy atom. The van der Waals surface area contributed by atoms with E-state index in [-0.39, 0.29) is 5.91 Å². The Kier molecular flexibility index (Phi) is 6.01. The monoisotopic (exact) mass is 375 g/mol. The lowest BCUT2D eigenvalue weighted by atomic mass is 10.1. The van der Waals surface area contributed by atoms with E-state index in [1.807, 2.05) is 25.1 Å². The molecule has 1 heterocycles. The molecule has 28 heavy (non-hydrogen) atoms. The van der Waals surface area contributed by atoms with Gasteiger partial charge in [0.15, 0.2) is 0 Å². The lowest BCUT2D eigenvalue weighted by Crippen LogP contribution is -2.13. The van der Waals surface area contributed by atoms with Gasteiger partial charge in [-0.1, -0.05) is 35.9 Å². The van der Waals surface area contributed by atoms with Crippen LogP contribution < -0.4 is 10.6 Å². The van der Waals surface area contributed by atoms with Gasteiger partial charge < -0.3 is 15.4 Å². The van der Waals surface area contributed by atoms with Crippen molar-refractivity contribution in [3.05, 3.63) is 89.2 Å². The van der Waals surface area contributed by atoms with Crippen molar-refractivity contribution in [3.63, 3.8) is 0 Å². The standard InChI is InChI=1S/C22H21N3O3/c1-15-5-3-6-16(9-15)12-24-20-11-18(13-23-14-20)21(26)25-19-8-4-7-17(10-19)22(27)28-2/h3-11,13-14,24H,12H2,1-2H3,(H,25,26).